The van der Waals surface area contributed by atoms with Crippen LogP contribution in [-0.2, 0) is 13.1 Å². The number of halogens is 1. The lowest BCUT2D eigenvalue weighted by atomic mass is 10.1. The standard InChI is InChI=1S/C14H25ClN4/c1-5-19-12(13(15)11(2)17-19)9-18-8-6-7-16-14(3,4)10-18/h16H,5-10H2,1-4H3. The third-order valence-electron chi connectivity index (χ3n) is 3.70. The van der Waals surface area contributed by atoms with Gasteiger partial charge >= 0.3 is 0 Å². The molecule has 2 rings (SSSR count). The number of rotatable bonds is 3. The molecule has 4 nitrogen and oxygen atoms in total. The maximum atomic E-state index is 6.40. The molecule has 2 heterocycles. The zero-order chi connectivity index (χ0) is 14.0. The molecule has 1 aliphatic heterocycles. The summed E-state index contributed by atoms with van der Waals surface area (Å²) < 4.78 is 2.03. The molecule has 0 amide bonds. The maximum absolute atomic E-state index is 6.40. The molecule has 0 atom stereocenters. The SMILES string of the molecule is CCn1nc(C)c(Cl)c1CN1CCCNC(C)(C)C1. The van der Waals surface area contributed by atoms with Gasteiger partial charge in [-0.15, -0.1) is 0 Å². The fourth-order valence-corrected chi connectivity index (χ4v) is 2.99. The van der Waals surface area contributed by atoms with Gasteiger partial charge in [-0.3, -0.25) is 9.58 Å². The zero-order valence-electron chi connectivity index (χ0n) is 12.5. The summed E-state index contributed by atoms with van der Waals surface area (Å²) in [6.45, 7) is 13.6. The predicted molar refractivity (Wildman–Crippen MR) is 79.6 cm³/mol. The molecule has 108 valence electrons. The van der Waals surface area contributed by atoms with Gasteiger partial charge in [-0.1, -0.05) is 11.6 Å². The fourth-order valence-electron chi connectivity index (χ4n) is 2.79. The van der Waals surface area contributed by atoms with Crippen molar-refractivity contribution >= 4 is 11.6 Å². The summed E-state index contributed by atoms with van der Waals surface area (Å²) in [5.74, 6) is 0. The van der Waals surface area contributed by atoms with Gasteiger partial charge in [-0.05, 0) is 47.2 Å². The van der Waals surface area contributed by atoms with Crippen molar-refractivity contribution in [3.63, 3.8) is 0 Å². The van der Waals surface area contributed by atoms with Gasteiger partial charge in [-0.25, -0.2) is 0 Å². The molecule has 1 aliphatic rings. The second-order valence-electron chi connectivity index (χ2n) is 6.04. The summed E-state index contributed by atoms with van der Waals surface area (Å²) in [6, 6.07) is 0. The van der Waals surface area contributed by atoms with Gasteiger partial charge < -0.3 is 5.32 Å². The van der Waals surface area contributed by atoms with Crippen LogP contribution in [0.25, 0.3) is 0 Å². The number of aromatic nitrogens is 2. The van der Waals surface area contributed by atoms with Crippen molar-refractivity contribution in [3.8, 4) is 0 Å². The van der Waals surface area contributed by atoms with Crippen LogP contribution in [0.5, 0.6) is 0 Å². The van der Waals surface area contributed by atoms with Crippen LogP contribution >= 0.6 is 11.6 Å². The van der Waals surface area contributed by atoms with Crippen molar-refractivity contribution < 1.29 is 0 Å². The molecule has 0 spiro atoms. The lowest BCUT2D eigenvalue weighted by Gasteiger charge is -2.30. The van der Waals surface area contributed by atoms with Crippen LogP contribution in [0.2, 0.25) is 5.02 Å². The first kappa shape index (κ1) is 14.8. The normalized spacial score (nSPS) is 20.5. The Balaban J connectivity index is 2.16. The average molecular weight is 285 g/mol. The van der Waals surface area contributed by atoms with Crippen molar-refractivity contribution in [1.82, 2.24) is 20.0 Å². The van der Waals surface area contributed by atoms with Gasteiger partial charge in [0.25, 0.3) is 0 Å². The summed E-state index contributed by atoms with van der Waals surface area (Å²) in [4.78, 5) is 2.48. The van der Waals surface area contributed by atoms with E-state index in [1.165, 1.54) is 6.42 Å². The smallest absolute Gasteiger partial charge is 0.0860 e. The third kappa shape index (κ3) is 3.50. The van der Waals surface area contributed by atoms with E-state index < -0.39 is 0 Å². The molecule has 0 aromatic carbocycles. The minimum atomic E-state index is 0.162. The first-order valence-corrected chi connectivity index (χ1v) is 7.50. The van der Waals surface area contributed by atoms with Crippen molar-refractivity contribution in [2.75, 3.05) is 19.6 Å². The Bertz CT molecular complexity index is 439. The van der Waals surface area contributed by atoms with Crippen molar-refractivity contribution in [2.45, 2.75) is 52.7 Å². The Hall–Kier alpha value is -0.580. The number of aryl methyl sites for hydroxylation is 2. The highest BCUT2D eigenvalue weighted by atomic mass is 35.5. The van der Waals surface area contributed by atoms with E-state index in [4.69, 9.17) is 11.6 Å². The number of nitrogens with zero attached hydrogens (tertiary/aromatic N) is 3. The second kappa shape index (κ2) is 5.81. The fraction of sp³-hybridized carbons (Fsp3) is 0.786. The molecule has 0 radical (unpaired) electrons. The van der Waals surface area contributed by atoms with Crippen LogP contribution in [0.3, 0.4) is 0 Å². The monoisotopic (exact) mass is 284 g/mol. The lowest BCUT2D eigenvalue weighted by Crippen LogP contribution is -2.46. The van der Waals surface area contributed by atoms with Gasteiger partial charge in [-0.2, -0.15) is 5.10 Å². The molecule has 1 N–H and O–H groups in total. The van der Waals surface area contributed by atoms with Crippen LogP contribution in [0.15, 0.2) is 0 Å². The molecular weight excluding hydrogens is 260 g/mol. The molecule has 1 saturated heterocycles. The van der Waals surface area contributed by atoms with E-state index in [9.17, 15) is 0 Å². The minimum absolute atomic E-state index is 0.162. The topological polar surface area (TPSA) is 33.1 Å². The summed E-state index contributed by atoms with van der Waals surface area (Å²) in [7, 11) is 0. The van der Waals surface area contributed by atoms with E-state index in [2.05, 4.69) is 36.1 Å². The predicted octanol–water partition coefficient (Wildman–Crippen LogP) is 2.44. The van der Waals surface area contributed by atoms with Crippen LogP contribution in [0.1, 0.15) is 38.6 Å². The van der Waals surface area contributed by atoms with Crippen LogP contribution in [0.4, 0.5) is 0 Å². The molecule has 0 bridgehead atoms. The average Bonchev–Trinajstić information content (AvgIpc) is 2.51. The van der Waals surface area contributed by atoms with Gasteiger partial charge in [0.05, 0.1) is 16.4 Å². The summed E-state index contributed by atoms with van der Waals surface area (Å²) in [6.07, 6.45) is 1.18. The Labute approximate surface area is 121 Å². The molecule has 1 aromatic rings. The van der Waals surface area contributed by atoms with E-state index in [0.717, 1.165) is 49.1 Å². The Morgan fingerprint density at radius 3 is 2.84 bits per heavy atom. The summed E-state index contributed by atoms with van der Waals surface area (Å²) in [5, 5.41) is 8.91. The summed E-state index contributed by atoms with van der Waals surface area (Å²) >= 11 is 6.40. The van der Waals surface area contributed by atoms with Gasteiger partial charge in [0, 0.05) is 25.2 Å². The molecule has 1 aromatic heterocycles. The zero-order valence-corrected chi connectivity index (χ0v) is 13.2. The van der Waals surface area contributed by atoms with Gasteiger partial charge in [0.15, 0.2) is 0 Å². The highest BCUT2D eigenvalue weighted by Crippen LogP contribution is 2.23. The molecule has 1 fully saturated rings. The highest BCUT2D eigenvalue weighted by molar-refractivity contribution is 6.31. The highest BCUT2D eigenvalue weighted by Gasteiger charge is 2.25. The third-order valence-corrected chi connectivity index (χ3v) is 4.19. The van der Waals surface area contributed by atoms with Crippen LogP contribution in [-0.4, -0.2) is 39.9 Å². The minimum Gasteiger partial charge on any atom is -0.310 e. The molecule has 0 aliphatic carbocycles. The summed E-state index contributed by atoms with van der Waals surface area (Å²) in [5.41, 5.74) is 2.25. The van der Waals surface area contributed by atoms with E-state index in [1.54, 1.807) is 0 Å². The Morgan fingerprint density at radius 2 is 2.16 bits per heavy atom. The largest absolute Gasteiger partial charge is 0.310 e. The Morgan fingerprint density at radius 1 is 1.42 bits per heavy atom. The quantitative estimate of drug-likeness (QED) is 0.925. The molecule has 19 heavy (non-hydrogen) atoms. The second-order valence-corrected chi connectivity index (χ2v) is 6.41. The van der Waals surface area contributed by atoms with Gasteiger partial charge in [0.2, 0.25) is 0 Å². The molecular formula is C14H25ClN4. The maximum Gasteiger partial charge on any atom is 0.0860 e. The lowest BCUT2D eigenvalue weighted by molar-refractivity contribution is 0.218. The van der Waals surface area contributed by atoms with Crippen molar-refractivity contribution in [2.24, 2.45) is 0 Å². The molecule has 0 unspecified atom stereocenters. The first-order valence-electron chi connectivity index (χ1n) is 7.12. The number of nitrogens with one attached hydrogen (secondary N) is 1. The van der Waals surface area contributed by atoms with E-state index >= 15 is 0 Å². The van der Waals surface area contributed by atoms with Gasteiger partial charge in [0.1, 0.15) is 0 Å². The van der Waals surface area contributed by atoms with E-state index in [0.29, 0.717) is 0 Å². The van der Waals surface area contributed by atoms with E-state index in [1.807, 2.05) is 11.6 Å². The number of hydrogen-bond acceptors (Lipinski definition) is 3. The van der Waals surface area contributed by atoms with Crippen LogP contribution < -0.4 is 5.32 Å². The van der Waals surface area contributed by atoms with E-state index in [-0.39, 0.29) is 5.54 Å². The molecule has 5 heteroatoms. The van der Waals surface area contributed by atoms with Crippen molar-refractivity contribution in [3.05, 3.63) is 16.4 Å². The van der Waals surface area contributed by atoms with Crippen molar-refractivity contribution in [1.29, 1.82) is 0 Å². The van der Waals surface area contributed by atoms with Crippen LogP contribution in [0, 0.1) is 6.92 Å². The first-order chi connectivity index (χ1) is 8.93. The Kier molecular flexibility index (Phi) is 4.54. The number of hydrogen-bond donors (Lipinski definition) is 1. The molecule has 0 saturated carbocycles.